The van der Waals surface area contributed by atoms with Gasteiger partial charge in [-0.1, -0.05) is 19.3 Å². The maximum Gasteiger partial charge on any atom is 0.223 e. The number of likely N-dealkylation sites (tertiary alicyclic amines) is 1. The van der Waals surface area contributed by atoms with Crippen molar-refractivity contribution in [3.63, 3.8) is 0 Å². The summed E-state index contributed by atoms with van der Waals surface area (Å²) >= 11 is 0. The maximum atomic E-state index is 11.9. The van der Waals surface area contributed by atoms with Crippen LogP contribution in [0.2, 0.25) is 0 Å². The van der Waals surface area contributed by atoms with E-state index in [1.165, 1.54) is 58.2 Å². The van der Waals surface area contributed by atoms with E-state index in [2.05, 4.69) is 10.2 Å². The Balaban J connectivity index is 1.48. The lowest BCUT2D eigenvalue weighted by atomic mass is 9.89. The lowest BCUT2D eigenvalue weighted by molar-refractivity contribution is -0.125. The minimum Gasteiger partial charge on any atom is -0.356 e. The monoisotopic (exact) mass is 252 g/mol. The second kappa shape index (κ2) is 7.78. The maximum absolute atomic E-state index is 11.9. The van der Waals surface area contributed by atoms with Gasteiger partial charge in [-0.25, -0.2) is 0 Å². The van der Waals surface area contributed by atoms with E-state index in [4.69, 9.17) is 0 Å². The fourth-order valence-electron chi connectivity index (χ4n) is 3.19. The quantitative estimate of drug-likeness (QED) is 0.737. The molecule has 1 saturated carbocycles. The highest BCUT2D eigenvalue weighted by Gasteiger charge is 2.20. The molecule has 0 unspecified atom stereocenters. The zero-order valence-electron chi connectivity index (χ0n) is 11.6. The van der Waals surface area contributed by atoms with Crippen molar-refractivity contribution in [1.29, 1.82) is 0 Å². The SMILES string of the molecule is O=C(NCCCCN1CCCC1)C1CCCCC1. The first-order chi connectivity index (χ1) is 8.86. The van der Waals surface area contributed by atoms with Crippen molar-refractivity contribution in [3.8, 4) is 0 Å². The minimum absolute atomic E-state index is 0.316. The minimum atomic E-state index is 0.316. The lowest BCUT2D eigenvalue weighted by Gasteiger charge is -2.20. The third-order valence-corrected chi connectivity index (χ3v) is 4.37. The zero-order chi connectivity index (χ0) is 12.6. The average Bonchev–Trinajstić information content (AvgIpc) is 2.92. The molecule has 1 N–H and O–H groups in total. The standard InChI is InChI=1S/C15H28N2O/c18-15(14-8-2-1-3-9-14)16-10-4-5-11-17-12-6-7-13-17/h14H,1-13H2,(H,16,18). The Hall–Kier alpha value is -0.570. The predicted molar refractivity (Wildman–Crippen MR) is 74.5 cm³/mol. The van der Waals surface area contributed by atoms with Crippen LogP contribution in [0.5, 0.6) is 0 Å². The molecular weight excluding hydrogens is 224 g/mol. The number of carbonyl (C=O) groups is 1. The highest BCUT2D eigenvalue weighted by molar-refractivity contribution is 5.78. The second-order valence-electron chi connectivity index (χ2n) is 5.88. The molecule has 1 heterocycles. The van der Waals surface area contributed by atoms with E-state index in [9.17, 15) is 4.79 Å². The summed E-state index contributed by atoms with van der Waals surface area (Å²) in [6.07, 6.45) is 11.1. The molecule has 0 radical (unpaired) electrons. The molecule has 1 aliphatic carbocycles. The Morgan fingerprint density at radius 3 is 2.44 bits per heavy atom. The summed E-state index contributed by atoms with van der Waals surface area (Å²) in [6.45, 7) is 4.67. The van der Waals surface area contributed by atoms with Crippen LogP contribution in [-0.4, -0.2) is 37.0 Å². The molecule has 3 heteroatoms. The molecule has 104 valence electrons. The van der Waals surface area contributed by atoms with Crippen LogP contribution in [0.1, 0.15) is 57.8 Å². The number of hydrogen-bond acceptors (Lipinski definition) is 2. The largest absolute Gasteiger partial charge is 0.356 e. The van der Waals surface area contributed by atoms with E-state index in [1.807, 2.05) is 0 Å². The number of nitrogens with zero attached hydrogens (tertiary/aromatic N) is 1. The highest BCUT2D eigenvalue weighted by atomic mass is 16.1. The van der Waals surface area contributed by atoms with Crippen LogP contribution >= 0.6 is 0 Å². The molecule has 2 rings (SSSR count). The molecule has 1 saturated heterocycles. The topological polar surface area (TPSA) is 32.3 Å². The van der Waals surface area contributed by atoms with E-state index in [0.29, 0.717) is 11.8 Å². The Labute approximate surface area is 111 Å². The number of nitrogens with one attached hydrogen (secondary N) is 1. The second-order valence-corrected chi connectivity index (χ2v) is 5.88. The molecule has 0 aromatic heterocycles. The van der Waals surface area contributed by atoms with Crippen molar-refractivity contribution in [2.45, 2.75) is 57.8 Å². The lowest BCUT2D eigenvalue weighted by Crippen LogP contribution is -2.33. The normalized spacial score (nSPS) is 22.2. The smallest absolute Gasteiger partial charge is 0.223 e. The van der Waals surface area contributed by atoms with Crippen LogP contribution in [0.25, 0.3) is 0 Å². The van der Waals surface area contributed by atoms with Gasteiger partial charge in [0, 0.05) is 12.5 Å². The van der Waals surface area contributed by atoms with E-state index in [0.717, 1.165) is 25.8 Å². The number of rotatable bonds is 6. The Morgan fingerprint density at radius 1 is 1.00 bits per heavy atom. The molecule has 0 spiro atoms. The first-order valence-electron chi connectivity index (χ1n) is 7.86. The van der Waals surface area contributed by atoms with Gasteiger partial charge in [-0.15, -0.1) is 0 Å². The Bertz CT molecular complexity index is 243. The fourth-order valence-corrected chi connectivity index (χ4v) is 3.19. The molecule has 1 aliphatic heterocycles. The first kappa shape index (κ1) is 13.9. The van der Waals surface area contributed by atoms with Crippen molar-refractivity contribution < 1.29 is 4.79 Å². The van der Waals surface area contributed by atoms with Crippen LogP contribution < -0.4 is 5.32 Å². The molecule has 2 fully saturated rings. The van der Waals surface area contributed by atoms with Crippen molar-refractivity contribution >= 4 is 5.91 Å². The van der Waals surface area contributed by atoms with Gasteiger partial charge in [0.15, 0.2) is 0 Å². The molecule has 0 aromatic rings. The van der Waals surface area contributed by atoms with Gasteiger partial charge in [0.2, 0.25) is 5.91 Å². The van der Waals surface area contributed by atoms with Gasteiger partial charge >= 0.3 is 0 Å². The van der Waals surface area contributed by atoms with Crippen molar-refractivity contribution in [2.75, 3.05) is 26.2 Å². The molecule has 0 aromatic carbocycles. The van der Waals surface area contributed by atoms with Crippen molar-refractivity contribution in [3.05, 3.63) is 0 Å². The number of hydrogen-bond donors (Lipinski definition) is 1. The van der Waals surface area contributed by atoms with Gasteiger partial charge in [0.05, 0.1) is 0 Å². The van der Waals surface area contributed by atoms with Gasteiger partial charge in [0.1, 0.15) is 0 Å². The predicted octanol–water partition coefficient (Wildman–Crippen LogP) is 2.56. The third-order valence-electron chi connectivity index (χ3n) is 4.37. The van der Waals surface area contributed by atoms with Gasteiger partial charge in [-0.05, 0) is 58.2 Å². The van der Waals surface area contributed by atoms with Crippen LogP contribution in [0.15, 0.2) is 0 Å². The summed E-state index contributed by atoms with van der Waals surface area (Å²) in [5.74, 6) is 0.633. The summed E-state index contributed by atoms with van der Waals surface area (Å²) in [4.78, 5) is 14.4. The summed E-state index contributed by atoms with van der Waals surface area (Å²) < 4.78 is 0. The van der Waals surface area contributed by atoms with E-state index >= 15 is 0 Å². The van der Waals surface area contributed by atoms with Gasteiger partial charge < -0.3 is 10.2 Å². The van der Waals surface area contributed by atoms with Gasteiger partial charge in [-0.2, -0.15) is 0 Å². The van der Waals surface area contributed by atoms with Crippen LogP contribution in [0.4, 0.5) is 0 Å². The third kappa shape index (κ3) is 4.60. The average molecular weight is 252 g/mol. The number of amides is 1. The zero-order valence-corrected chi connectivity index (χ0v) is 11.6. The molecule has 3 nitrogen and oxygen atoms in total. The fraction of sp³-hybridized carbons (Fsp3) is 0.933. The molecule has 18 heavy (non-hydrogen) atoms. The van der Waals surface area contributed by atoms with Gasteiger partial charge in [0.25, 0.3) is 0 Å². The molecule has 2 aliphatic rings. The first-order valence-corrected chi connectivity index (χ1v) is 7.86. The number of unbranched alkanes of at least 4 members (excludes halogenated alkanes) is 1. The number of carbonyl (C=O) groups excluding carboxylic acids is 1. The summed E-state index contributed by atoms with van der Waals surface area (Å²) in [5.41, 5.74) is 0. The van der Waals surface area contributed by atoms with Crippen LogP contribution in [0.3, 0.4) is 0 Å². The summed E-state index contributed by atoms with van der Waals surface area (Å²) in [5, 5.41) is 3.12. The Morgan fingerprint density at radius 2 is 1.72 bits per heavy atom. The van der Waals surface area contributed by atoms with Gasteiger partial charge in [-0.3, -0.25) is 4.79 Å². The van der Waals surface area contributed by atoms with Crippen molar-refractivity contribution in [2.24, 2.45) is 5.92 Å². The molecule has 0 atom stereocenters. The summed E-state index contributed by atoms with van der Waals surface area (Å²) in [7, 11) is 0. The van der Waals surface area contributed by atoms with E-state index in [1.54, 1.807) is 0 Å². The Kier molecular flexibility index (Phi) is 5.98. The van der Waals surface area contributed by atoms with E-state index < -0.39 is 0 Å². The molecule has 1 amide bonds. The van der Waals surface area contributed by atoms with Crippen LogP contribution in [-0.2, 0) is 4.79 Å². The highest BCUT2D eigenvalue weighted by Crippen LogP contribution is 2.23. The molecule has 0 bridgehead atoms. The molecular formula is C15H28N2O. The van der Waals surface area contributed by atoms with E-state index in [-0.39, 0.29) is 0 Å². The van der Waals surface area contributed by atoms with Crippen LogP contribution in [0, 0.1) is 5.92 Å². The summed E-state index contributed by atoms with van der Waals surface area (Å²) in [6, 6.07) is 0. The van der Waals surface area contributed by atoms with Crippen molar-refractivity contribution in [1.82, 2.24) is 10.2 Å².